The van der Waals surface area contributed by atoms with E-state index in [1.807, 2.05) is 66.7 Å². The van der Waals surface area contributed by atoms with Crippen molar-refractivity contribution in [3.8, 4) is 56.4 Å². The van der Waals surface area contributed by atoms with E-state index in [1.165, 1.54) is 27.1 Å². The summed E-state index contributed by atoms with van der Waals surface area (Å²) in [6.45, 7) is 0. The largest absolute Gasteiger partial charge is 0.456 e. The van der Waals surface area contributed by atoms with Gasteiger partial charge in [0.2, 0.25) is 0 Å². The van der Waals surface area contributed by atoms with E-state index in [0.717, 1.165) is 77.3 Å². The zero-order valence-corrected chi connectivity index (χ0v) is 31.1. The van der Waals surface area contributed by atoms with Crippen molar-refractivity contribution < 1.29 is 8.83 Å². The Balaban J connectivity index is 0.983. The lowest BCUT2D eigenvalue weighted by Crippen LogP contribution is -2.00. The summed E-state index contributed by atoms with van der Waals surface area (Å²) in [5.41, 5.74) is 10.5. The van der Waals surface area contributed by atoms with Gasteiger partial charge in [0.05, 0.1) is 0 Å². The van der Waals surface area contributed by atoms with Gasteiger partial charge in [0.1, 0.15) is 22.3 Å². The average molecular weight is 742 g/mol. The van der Waals surface area contributed by atoms with Crippen LogP contribution in [-0.2, 0) is 0 Å². The second kappa shape index (κ2) is 12.8. The first kappa shape index (κ1) is 32.4. The fourth-order valence-electron chi connectivity index (χ4n) is 8.48. The van der Waals surface area contributed by atoms with Crippen molar-refractivity contribution >= 4 is 65.4 Å². The van der Waals surface area contributed by atoms with E-state index >= 15 is 0 Å². The molecule has 58 heavy (non-hydrogen) atoms. The van der Waals surface area contributed by atoms with E-state index in [0.29, 0.717) is 17.5 Å². The van der Waals surface area contributed by atoms with Crippen molar-refractivity contribution in [3.05, 3.63) is 188 Å². The van der Waals surface area contributed by atoms with Crippen LogP contribution in [0.4, 0.5) is 0 Å². The van der Waals surface area contributed by atoms with Crippen LogP contribution in [0.3, 0.4) is 0 Å². The Morgan fingerprint density at radius 2 is 0.828 bits per heavy atom. The Morgan fingerprint density at radius 1 is 0.276 bits per heavy atom. The van der Waals surface area contributed by atoms with Crippen LogP contribution in [0.2, 0.25) is 0 Å². The third kappa shape index (κ3) is 5.29. The summed E-state index contributed by atoms with van der Waals surface area (Å²) in [6.07, 6.45) is 0. The molecule has 0 unspecified atom stereocenters. The number of hydrogen-bond acceptors (Lipinski definition) is 5. The molecule has 0 aliphatic rings. The Bertz CT molecular complexity index is 3580. The van der Waals surface area contributed by atoms with E-state index in [2.05, 4.69) is 121 Å². The van der Waals surface area contributed by atoms with Gasteiger partial charge in [0, 0.05) is 38.2 Å². The van der Waals surface area contributed by atoms with Gasteiger partial charge in [-0.1, -0.05) is 133 Å². The Labute approximate surface area is 332 Å². The standard InChI is InChI=1S/C53H31N3O2/c1-2-11-33(12-3-1)51-54-52(56-53(55-51)39-24-27-47-44(31-39)43-16-6-7-18-46(43)57-47)38-14-8-13-36(29-38)42-17-9-19-49-50(42)45-30-35(23-26-48(45)58-49)34-22-25-41-37(28-34)21-20-32-10-4-5-15-40(32)41/h1-31H. The molecule has 0 N–H and O–H groups in total. The zero-order valence-electron chi connectivity index (χ0n) is 31.1. The van der Waals surface area contributed by atoms with Gasteiger partial charge in [-0.25, -0.2) is 15.0 Å². The maximum absolute atomic E-state index is 6.48. The molecule has 0 saturated heterocycles. The van der Waals surface area contributed by atoms with Gasteiger partial charge in [-0.2, -0.15) is 0 Å². The van der Waals surface area contributed by atoms with Crippen molar-refractivity contribution in [1.29, 1.82) is 0 Å². The average Bonchev–Trinajstić information content (AvgIpc) is 3.87. The molecule has 3 heterocycles. The first-order chi connectivity index (χ1) is 28.7. The molecule has 5 nitrogen and oxygen atoms in total. The minimum atomic E-state index is 0.596. The van der Waals surface area contributed by atoms with Crippen molar-refractivity contribution in [3.63, 3.8) is 0 Å². The quantitative estimate of drug-likeness (QED) is 0.164. The molecule has 0 amide bonds. The minimum absolute atomic E-state index is 0.596. The molecule has 0 aliphatic carbocycles. The van der Waals surface area contributed by atoms with E-state index in [9.17, 15) is 0 Å². The third-order valence-corrected chi connectivity index (χ3v) is 11.3. The number of furan rings is 2. The van der Waals surface area contributed by atoms with Gasteiger partial charge >= 0.3 is 0 Å². The highest BCUT2D eigenvalue weighted by molar-refractivity contribution is 6.14. The SMILES string of the molecule is c1ccc(-c2nc(-c3cccc(-c4cccc5oc6ccc(-c7ccc8c(ccc9ccccc98)c7)cc6c45)c3)nc(-c3ccc4oc5ccccc5c4c3)n2)cc1. The highest BCUT2D eigenvalue weighted by atomic mass is 16.3. The Kier molecular flexibility index (Phi) is 7.16. The van der Waals surface area contributed by atoms with Crippen LogP contribution in [0, 0.1) is 0 Å². The number of hydrogen-bond donors (Lipinski definition) is 0. The van der Waals surface area contributed by atoms with E-state index in [1.54, 1.807) is 0 Å². The fraction of sp³-hybridized carbons (Fsp3) is 0. The first-order valence-electron chi connectivity index (χ1n) is 19.4. The summed E-state index contributed by atoms with van der Waals surface area (Å²) in [5.74, 6) is 1.80. The normalized spacial score (nSPS) is 11.8. The van der Waals surface area contributed by atoms with Gasteiger partial charge < -0.3 is 8.83 Å². The summed E-state index contributed by atoms with van der Waals surface area (Å²) >= 11 is 0. The Hall–Kier alpha value is -7.89. The second-order valence-electron chi connectivity index (χ2n) is 14.8. The monoisotopic (exact) mass is 741 g/mol. The molecular weight excluding hydrogens is 711 g/mol. The van der Waals surface area contributed by atoms with Crippen LogP contribution in [0.15, 0.2) is 197 Å². The number of para-hydroxylation sites is 1. The van der Waals surface area contributed by atoms with Crippen LogP contribution >= 0.6 is 0 Å². The molecule has 0 radical (unpaired) electrons. The van der Waals surface area contributed by atoms with E-state index in [4.69, 9.17) is 23.8 Å². The lowest BCUT2D eigenvalue weighted by Gasteiger charge is -2.10. The molecule has 0 atom stereocenters. The van der Waals surface area contributed by atoms with Crippen LogP contribution in [-0.4, -0.2) is 15.0 Å². The lowest BCUT2D eigenvalue weighted by molar-refractivity contribution is 0.668. The number of nitrogens with zero attached hydrogens (tertiary/aromatic N) is 3. The van der Waals surface area contributed by atoms with Crippen molar-refractivity contribution in [2.75, 3.05) is 0 Å². The highest BCUT2D eigenvalue weighted by Gasteiger charge is 2.18. The lowest BCUT2D eigenvalue weighted by atomic mass is 9.95. The molecule has 0 bridgehead atoms. The zero-order chi connectivity index (χ0) is 38.2. The fourth-order valence-corrected chi connectivity index (χ4v) is 8.48. The van der Waals surface area contributed by atoms with Crippen LogP contribution < -0.4 is 0 Å². The van der Waals surface area contributed by atoms with Crippen LogP contribution in [0.1, 0.15) is 0 Å². The molecule has 3 aromatic heterocycles. The molecule has 0 aliphatic heterocycles. The molecular formula is C53H31N3O2. The third-order valence-electron chi connectivity index (χ3n) is 11.3. The molecule has 0 spiro atoms. The molecule has 9 aromatic carbocycles. The summed E-state index contributed by atoms with van der Waals surface area (Å²) < 4.78 is 12.6. The van der Waals surface area contributed by atoms with Crippen LogP contribution in [0.5, 0.6) is 0 Å². The highest BCUT2D eigenvalue weighted by Crippen LogP contribution is 2.40. The topological polar surface area (TPSA) is 65.0 Å². The number of aromatic nitrogens is 3. The molecule has 0 saturated carbocycles. The molecule has 12 rings (SSSR count). The predicted octanol–water partition coefficient (Wildman–Crippen LogP) is 14.3. The van der Waals surface area contributed by atoms with Crippen molar-refractivity contribution in [1.82, 2.24) is 15.0 Å². The summed E-state index contributed by atoms with van der Waals surface area (Å²) in [5, 5.41) is 9.22. The summed E-state index contributed by atoms with van der Waals surface area (Å²) in [6, 6.07) is 65.3. The van der Waals surface area contributed by atoms with Crippen molar-refractivity contribution in [2.24, 2.45) is 0 Å². The van der Waals surface area contributed by atoms with Crippen molar-refractivity contribution in [2.45, 2.75) is 0 Å². The van der Waals surface area contributed by atoms with Gasteiger partial charge in [0.25, 0.3) is 0 Å². The van der Waals surface area contributed by atoms with Gasteiger partial charge in [0.15, 0.2) is 17.5 Å². The minimum Gasteiger partial charge on any atom is -0.456 e. The summed E-state index contributed by atoms with van der Waals surface area (Å²) in [7, 11) is 0. The predicted molar refractivity (Wildman–Crippen MR) is 237 cm³/mol. The van der Waals surface area contributed by atoms with Gasteiger partial charge in [-0.05, 0) is 98.4 Å². The molecule has 270 valence electrons. The molecule has 0 fully saturated rings. The smallest absolute Gasteiger partial charge is 0.164 e. The summed E-state index contributed by atoms with van der Waals surface area (Å²) in [4.78, 5) is 15.2. The number of fused-ring (bicyclic) bond motifs is 9. The number of benzene rings is 9. The maximum Gasteiger partial charge on any atom is 0.164 e. The van der Waals surface area contributed by atoms with Gasteiger partial charge in [-0.3, -0.25) is 0 Å². The molecule has 5 heteroatoms. The van der Waals surface area contributed by atoms with Crippen LogP contribution in [0.25, 0.3) is 122 Å². The number of rotatable bonds is 5. The van der Waals surface area contributed by atoms with Gasteiger partial charge in [-0.15, -0.1) is 0 Å². The molecule has 12 aromatic rings. The van der Waals surface area contributed by atoms with E-state index in [-0.39, 0.29) is 0 Å². The second-order valence-corrected chi connectivity index (χ2v) is 14.8. The Morgan fingerprint density at radius 3 is 1.71 bits per heavy atom. The first-order valence-corrected chi connectivity index (χ1v) is 19.4. The maximum atomic E-state index is 6.48. The van der Waals surface area contributed by atoms with E-state index < -0.39 is 0 Å².